The molecule has 2 N–H and O–H groups in total. The van der Waals surface area contributed by atoms with E-state index in [1.807, 2.05) is 12.1 Å². The fourth-order valence-electron chi connectivity index (χ4n) is 3.70. The molecule has 2 aromatic rings. The van der Waals surface area contributed by atoms with Gasteiger partial charge >= 0.3 is 0 Å². The van der Waals surface area contributed by atoms with Gasteiger partial charge in [-0.15, -0.1) is 0 Å². The molecule has 1 saturated heterocycles. The molecule has 3 rings (SSSR count). The van der Waals surface area contributed by atoms with Crippen LogP contribution in [0.4, 0.5) is 0 Å². The first-order chi connectivity index (χ1) is 10.7. The molecule has 0 spiro atoms. The van der Waals surface area contributed by atoms with Gasteiger partial charge in [-0.05, 0) is 5.92 Å². The third-order valence-corrected chi connectivity index (χ3v) is 4.75. The Kier molecular flexibility index (Phi) is 4.39. The van der Waals surface area contributed by atoms with Crippen molar-refractivity contribution in [2.75, 3.05) is 0 Å². The third-order valence-electron chi connectivity index (χ3n) is 4.75. The summed E-state index contributed by atoms with van der Waals surface area (Å²) >= 11 is 0. The quantitative estimate of drug-likeness (QED) is 0.926. The number of nitrogens with two attached hydrogens (primary N) is 1. The Labute approximate surface area is 132 Å². The third kappa shape index (κ3) is 2.97. The second-order valence-corrected chi connectivity index (χ2v) is 6.59. The van der Waals surface area contributed by atoms with Gasteiger partial charge in [-0.1, -0.05) is 74.5 Å². The molecule has 0 bridgehead atoms. The van der Waals surface area contributed by atoms with Crippen LogP contribution < -0.4 is 5.32 Å². The molecule has 0 aromatic heterocycles. The van der Waals surface area contributed by atoms with Gasteiger partial charge in [-0.3, -0.25) is 4.79 Å². The number of hydrogen-bond acceptors (Lipinski definition) is 1. The lowest BCUT2D eigenvalue weighted by molar-refractivity contribution is -0.744. The maximum atomic E-state index is 12.8. The molecule has 2 nitrogen and oxygen atoms in total. The number of carbonyl (C=O) groups is 1. The lowest BCUT2D eigenvalue weighted by Gasteiger charge is -2.35. The Morgan fingerprint density at radius 1 is 0.909 bits per heavy atom. The number of Topliss-reactive ketones (excluding diaryl/α,β-unsaturated/α-hetero) is 1. The molecule has 22 heavy (non-hydrogen) atoms. The number of carbonyl (C=O) groups excluding carboxylic acids is 1. The Bertz CT molecular complexity index is 621. The first-order valence-electron chi connectivity index (χ1n) is 8.14. The van der Waals surface area contributed by atoms with E-state index >= 15 is 0 Å². The van der Waals surface area contributed by atoms with E-state index in [2.05, 4.69) is 67.7 Å². The van der Waals surface area contributed by atoms with Crippen molar-refractivity contribution in [3.63, 3.8) is 0 Å². The molecule has 1 heterocycles. The van der Waals surface area contributed by atoms with Crippen LogP contribution in [0.25, 0.3) is 0 Å². The Hall–Kier alpha value is -1.93. The van der Waals surface area contributed by atoms with Crippen LogP contribution in [0.15, 0.2) is 60.7 Å². The molecule has 1 aliphatic heterocycles. The maximum Gasteiger partial charge on any atom is 0.148 e. The summed E-state index contributed by atoms with van der Waals surface area (Å²) in [6.45, 7) is 4.32. The van der Waals surface area contributed by atoms with Crippen molar-refractivity contribution in [2.45, 2.75) is 32.4 Å². The summed E-state index contributed by atoms with van der Waals surface area (Å²) in [5.41, 5.74) is 2.51. The lowest BCUT2D eigenvalue weighted by atomic mass is 9.75. The molecular weight excluding hydrogens is 270 g/mol. The van der Waals surface area contributed by atoms with E-state index in [-0.39, 0.29) is 18.0 Å². The van der Waals surface area contributed by atoms with Crippen molar-refractivity contribution in [1.29, 1.82) is 0 Å². The van der Waals surface area contributed by atoms with E-state index in [1.54, 1.807) is 0 Å². The average Bonchev–Trinajstić information content (AvgIpc) is 2.55. The van der Waals surface area contributed by atoms with Crippen LogP contribution in [0.2, 0.25) is 0 Å². The summed E-state index contributed by atoms with van der Waals surface area (Å²) in [7, 11) is 0. The maximum absolute atomic E-state index is 12.8. The molecule has 3 atom stereocenters. The number of piperidine rings is 1. The van der Waals surface area contributed by atoms with Crippen LogP contribution in [0.1, 0.15) is 43.5 Å². The number of rotatable bonds is 3. The van der Waals surface area contributed by atoms with Crippen LogP contribution in [-0.4, -0.2) is 5.78 Å². The van der Waals surface area contributed by atoms with E-state index in [9.17, 15) is 4.79 Å². The fourth-order valence-corrected chi connectivity index (χ4v) is 3.70. The van der Waals surface area contributed by atoms with E-state index < -0.39 is 0 Å². The minimum atomic E-state index is 0.0994. The largest absolute Gasteiger partial charge is 0.333 e. The second-order valence-electron chi connectivity index (χ2n) is 6.59. The second kappa shape index (κ2) is 6.45. The van der Waals surface area contributed by atoms with Gasteiger partial charge in [0.15, 0.2) is 0 Å². The summed E-state index contributed by atoms with van der Waals surface area (Å²) in [5.74, 6) is 0.869. The zero-order valence-electron chi connectivity index (χ0n) is 13.3. The topological polar surface area (TPSA) is 33.7 Å². The van der Waals surface area contributed by atoms with Gasteiger partial charge < -0.3 is 5.32 Å². The van der Waals surface area contributed by atoms with Crippen molar-refractivity contribution in [3.05, 3.63) is 71.8 Å². The summed E-state index contributed by atoms with van der Waals surface area (Å²) in [5, 5.41) is 2.40. The minimum absolute atomic E-state index is 0.0994. The van der Waals surface area contributed by atoms with Gasteiger partial charge in [0.1, 0.15) is 17.9 Å². The van der Waals surface area contributed by atoms with Crippen LogP contribution in [0.3, 0.4) is 0 Å². The normalized spacial score (nSPS) is 25.4. The summed E-state index contributed by atoms with van der Waals surface area (Å²) in [6, 6.07) is 21.3. The number of hydrogen-bond donors (Lipinski definition) is 1. The predicted octanol–water partition coefficient (Wildman–Crippen LogP) is 3.28. The van der Waals surface area contributed by atoms with Crippen molar-refractivity contribution in [2.24, 2.45) is 11.8 Å². The average molecular weight is 294 g/mol. The smallest absolute Gasteiger partial charge is 0.148 e. The van der Waals surface area contributed by atoms with Crippen molar-refractivity contribution >= 4 is 5.78 Å². The van der Waals surface area contributed by atoms with Crippen molar-refractivity contribution in [1.82, 2.24) is 0 Å². The molecule has 0 radical (unpaired) electrons. The van der Waals surface area contributed by atoms with Crippen molar-refractivity contribution in [3.8, 4) is 0 Å². The Morgan fingerprint density at radius 3 is 2.00 bits per heavy atom. The van der Waals surface area contributed by atoms with Crippen LogP contribution >= 0.6 is 0 Å². The van der Waals surface area contributed by atoms with E-state index in [0.29, 0.717) is 18.1 Å². The predicted molar refractivity (Wildman–Crippen MR) is 88.2 cm³/mol. The summed E-state index contributed by atoms with van der Waals surface area (Å²) in [6.07, 6.45) is 0.635. The van der Waals surface area contributed by atoms with Crippen molar-refractivity contribution < 1.29 is 10.1 Å². The molecule has 1 aliphatic rings. The van der Waals surface area contributed by atoms with Gasteiger partial charge in [0.05, 0.1) is 12.3 Å². The van der Waals surface area contributed by atoms with Crippen LogP contribution in [0, 0.1) is 11.8 Å². The number of ketones is 1. The highest BCUT2D eigenvalue weighted by Crippen LogP contribution is 2.33. The number of quaternary nitrogens is 1. The van der Waals surface area contributed by atoms with Gasteiger partial charge in [0.2, 0.25) is 0 Å². The first kappa shape index (κ1) is 15.0. The van der Waals surface area contributed by atoms with Gasteiger partial charge in [-0.2, -0.15) is 0 Å². The minimum Gasteiger partial charge on any atom is -0.333 e. The molecule has 0 saturated carbocycles. The highest BCUT2D eigenvalue weighted by molar-refractivity contribution is 5.83. The van der Waals surface area contributed by atoms with Gasteiger partial charge in [0.25, 0.3) is 0 Å². The lowest BCUT2D eigenvalue weighted by Crippen LogP contribution is -2.90. The summed E-state index contributed by atoms with van der Waals surface area (Å²) in [4.78, 5) is 12.8. The van der Waals surface area contributed by atoms with Crippen LogP contribution in [-0.2, 0) is 4.79 Å². The molecule has 2 aromatic carbocycles. The fraction of sp³-hybridized carbons (Fsp3) is 0.350. The molecule has 1 fully saturated rings. The molecule has 114 valence electrons. The molecular formula is C20H24NO+. The molecule has 0 aliphatic carbocycles. The monoisotopic (exact) mass is 294 g/mol. The Balaban J connectivity index is 1.94. The van der Waals surface area contributed by atoms with E-state index in [0.717, 1.165) is 0 Å². The zero-order valence-corrected chi connectivity index (χ0v) is 13.3. The summed E-state index contributed by atoms with van der Waals surface area (Å²) < 4.78 is 0. The highest BCUT2D eigenvalue weighted by atomic mass is 16.1. The zero-order chi connectivity index (χ0) is 15.5. The highest BCUT2D eigenvalue weighted by Gasteiger charge is 2.42. The van der Waals surface area contributed by atoms with E-state index in [1.165, 1.54) is 11.1 Å². The molecule has 0 amide bonds. The van der Waals surface area contributed by atoms with Crippen LogP contribution in [0.5, 0.6) is 0 Å². The first-order valence-corrected chi connectivity index (χ1v) is 8.14. The molecule has 2 heteroatoms. The SMILES string of the molecule is CC(C)[C@@H]1C(=O)C[C@@H](c2ccccc2)[NH2+][C@H]1c1ccccc1. The van der Waals surface area contributed by atoms with E-state index in [4.69, 9.17) is 0 Å². The molecule has 0 unspecified atom stereocenters. The Morgan fingerprint density at radius 2 is 1.45 bits per heavy atom. The van der Waals surface area contributed by atoms with Gasteiger partial charge in [0, 0.05) is 11.1 Å². The number of benzene rings is 2. The standard InChI is InChI=1S/C20H23NO/c1-14(2)19-18(22)13-17(15-9-5-3-6-10-15)21-20(19)16-11-7-4-8-12-16/h3-12,14,17,19-21H,13H2,1-2H3/p+1/t17-,19+,20-/m0/s1. The van der Waals surface area contributed by atoms with Gasteiger partial charge in [-0.25, -0.2) is 0 Å².